The van der Waals surface area contributed by atoms with Gasteiger partial charge in [-0.05, 0) is 25.3 Å². The third-order valence-electron chi connectivity index (χ3n) is 3.83. The van der Waals surface area contributed by atoms with Crippen molar-refractivity contribution in [2.24, 2.45) is 5.92 Å². The van der Waals surface area contributed by atoms with Crippen molar-refractivity contribution in [3.63, 3.8) is 0 Å². The van der Waals surface area contributed by atoms with Crippen molar-refractivity contribution in [3.05, 3.63) is 22.6 Å². The highest BCUT2D eigenvalue weighted by Gasteiger charge is 2.32. The van der Waals surface area contributed by atoms with Crippen molar-refractivity contribution in [1.82, 2.24) is 15.8 Å². The van der Waals surface area contributed by atoms with E-state index in [1.807, 2.05) is 0 Å². The average Bonchev–Trinajstić information content (AvgIpc) is 2.71. The van der Waals surface area contributed by atoms with E-state index >= 15 is 0 Å². The fourth-order valence-electron chi connectivity index (χ4n) is 2.64. The predicted molar refractivity (Wildman–Crippen MR) is 67.8 cm³/mol. The minimum Gasteiger partial charge on any atom is -0.354 e. The molecule has 2 atom stereocenters. The van der Waals surface area contributed by atoms with E-state index < -0.39 is 6.43 Å². The molecule has 2 heterocycles. The van der Waals surface area contributed by atoms with Crippen LogP contribution in [0.2, 0.25) is 0 Å². The molecule has 0 bridgehead atoms. The van der Waals surface area contributed by atoms with Gasteiger partial charge >= 0.3 is 0 Å². The second-order valence-electron chi connectivity index (χ2n) is 4.74. The first-order valence-electron chi connectivity index (χ1n) is 6.22. The first kappa shape index (κ1) is 13.5. The van der Waals surface area contributed by atoms with Gasteiger partial charge in [0.25, 0.3) is 6.43 Å². The molecular weight excluding hydrogens is 260 g/mol. The molecule has 18 heavy (non-hydrogen) atoms. The van der Waals surface area contributed by atoms with Crippen LogP contribution in [0.1, 0.15) is 26.7 Å². The van der Waals surface area contributed by atoms with Gasteiger partial charge in [0.1, 0.15) is 11.0 Å². The standard InChI is InChI=1S/C12H18ClF2N3/c1-3-8-4-5-18(7(8)2)10-6-9(12(14)15)11(13)17-16-10/h6-8,12,16-17H,3-5H2,1-2H3/t7-,8-/m0/s1. The number of nitrogens with one attached hydrogen (secondary N) is 2. The minimum atomic E-state index is -2.57. The Balaban J connectivity index is 2.18. The summed E-state index contributed by atoms with van der Waals surface area (Å²) >= 11 is 5.70. The number of rotatable bonds is 3. The lowest BCUT2D eigenvalue weighted by atomic mass is 9.99. The van der Waals surface area contributed by atoms with Gasteiger partial charge in [-0.3, -0.25) is 10.9 Å². The van der Waals surface area contributed by atoms with E-state index in [1.165, 1.54) is 6.08 Å². The van der Waals surface area contributed by atoms with Crippen LogP contribution in [-0.2, 0) is 0 Å². The zero-order valence-electron chi connectivity index (χ0n) is 10.5. The minimum absolute atomic E-state index is 0.0346. The quantitative estimate of drug-likeness (QED) is 0.777. The molecule has 0 radical (unpaired) electrons. The summed E-state index contributed by atoms with van der Waals surface area (Å²) in [4.78, 5) is 2.12. The lowest BCUT2D eigenvalue weighted by Gasteiger charge is -2.32. The Morgan fingerprint density at radius 3 is 2.78 bits per heavy atom. The molecule has 0 aromatic carbocycles. The second kappa shape index (κ2) is 5.34. The van der Waals surface area contributed by atoms with Gasteiger partial charge in [-0.1, -0.05) is 24.9 Å². The molecule has 0 saturated carbocycles. The average molecular weight is 278 g/mol. The lowest BCUT2D eigenvalue weighted by molar-refractivity contribution is 0.189. The highest BCUT2D eigenvalue weighted by Crippen LogP contribution is 2.31. The molecule has 2 N–H and O–H groups in total. The second-order valence-corrected chi connectivity index (χ2v) is 5.12. The molecule has 102 valence electrons. The molecule has 0 amide bonds. The third-order valence-corrected chi connectivity index (χ3v) is 4.14. The van der Waals surface area contributed by atoms with Crippen molar-refractivity contribution >= 4 is 11.6 Å². The summed E-state index contributed by atoms with van der Waals surface area (Å²) in [6, 6.07) is 0.353. The molecule has 1 saturated heterocycles. The number of halogens is 3. The maximum atomic E-state index is 12.8. The number of hydrazine groups is 1. The fourth-order valence-corrected chi connectivity index (χ4v) is 2.82. The van der Waals surface area contributed by atoms with E-state index in [9.17, 15) is 8.78 Å². The summed E-state index contributed by atoms with van der Waals surface area (Å²) in [5.41, 5.74) is 5.33. The topological polar surface area (TPSA) is 27.3 Å². The number of alkyl halides is 2. The molecule has 1 fully saturated rings. The van der Waals surface area contributed by atoms with Crippen LogP contribution in [-0.4, -0.2) is 23.9 Å². The monoisotopic (exact) mass is 277 g/mol. The Labute approximate surface area is 111 Å². The van der Waals surface area contributed by atoms with Crippen LogP contribution in [0.5, 0.6) is 0 Å². The maximum Gasteiger partial charge on any atom is 0.266 e. The molecule has 0 aliphatic carbocycles. The zero-order chi connectivity index (χ0) is 13.3. The number of hydrogen-bond acceptors (Lipinski definition) is 3. The highest BCUT2D eigenvalue weighted by molar-refractivity contribution is 6.29. The molecular formula is C12H18ClF2N3. The van der Waals surface area contributed by atoms with E-state index in [0.29, 0.717) is 17.8 Å². The molecule has 3 nitrogen and oxygen atoms in total. The Kier molecular flexibility index (Phi) is 4.00. The van der Waals surface area contributed by atoms with Crippen molar-refractivity contribution in [1.29, 1.82) is 0 Å². The SMILES string of the molecule is CC[C@H]1CCN(C2=CC(C(F)F)=C(Cl)NN2)[C@H]1C. The van der Waals surface area contributed by atoms with E-state index in [4.69, 9.17) is 11.6 Å². The van der Waals surface area contributed by atoms with Crippen molar-refractivity contribution in [3.8, 4) is 0 Å². The summed E-state index contributed by atoms with van der Waals surface area (Å²) in [5.74, 6) is 1.29. The van der Waals surface area contributed by atoms with Crippen LogP contribution in [0, 0.1) is 5.92 Å². The number of allylic oxidation sites excluding steroid dienone is 2. The third kappa shape index (κ3) is 2.41. The number of likely N-dealkylation sites (tertiary alicyclic amines) is 1. The van der Waals surface area contributed by atoms with E-state index in [-0.39, 0.29) is 10.7 Å². The van der Waals surface area contributed by atoms with Gasteiger partial charge in [-0.25, -0.2) is 8.78 Å². The Morgan fingerprint density at radius 1 is 1.50 bits per heavy atom. The molecule has 2 aliphatic rings. The highest BCUT2D eigenvalue weighted by atomic mass is 35.5. The maximum absolute atomic E-state index is 12.8. The molecule has 0 aromatic heterocycles. The van der Waals surface area contributed by atoms with Gasteiger partial charge in [-0.15, -0.1) is 0 Å². The molecule has 2 aliphatic heterocycles. The molecule has 6 heteroatoms. The van der Waals surface area contributed by atoms with Crippen LogP contribution in [0.15, 0.2) is 22.6 Å². The van der Waals surface area contributed by atoms with Gasteiger partial charge in [0.15, 0.2) is 0 Å². The first-order valence-corrected chi connectivity index (χ1v) is 6.60. The van der Waals surface area contributed by atoms with E-state index in [2.05, 4.69) is 29.6 Å². The van der Waals surface area contributed by atoms with E-state index in [0.717, 1.165) is 19.4 Å². The smallest absolute Gasteiger partial charge is 0.266 e. The molecule has 0 unspecified atom stereocenters. The lowest BCUT2D eigenvalue weighted by Crippen LogP contribution is -2.43. The van der Waals surface area contributed by atoms with Gasteiger partial charge in [0.2, 0.25) is 0 Å². The van der Waals surface area contributed by atoms with Gasteiger partial charge < -0.3 is 4.90 Å². The summed E-state index contributed by atoms with van der Waals surface area (Å²) in [6.45, 7) is 5.17. The summed E-state index contributed by atoms with van der Waals surface area (Å²) in [6.07, 6.45) is 1.08. The van der Waals surface area contributed by atoms with E-state index in [1.54, 1.807) is 0 Å². The summed E-state index contributed by atoms with van der Waals surface area (Å²) in [5, 5.41) is -0.0346. The van der Waals surface area contributed by atoms with Gasteiger partial charge in [0.05, 0.1) is 5.57 Å². The predicted octanol–water partition coefficient (Wildman–Crippen LogP) is 2.77. The van der Waals surface area contributed by atoms with Crippen LogP contribution in [0.4, 0.5) is 8.78 Å². The molecule has 0 aromatic rings. The van der Waals surface area contributed by atoms with Crippen LogP contribution < -0.4 is 10.9 Å². The number of nitrogens with zero attached hydrogens (tertiary/aromatic N) is 1. The van der Waals surface area contributed by atoms with Crippen LogP contribution in [0.25, 0.3) is 0 Å². The molecule has 2 rings (SSSR count). The van der Waals surface area contributed by atoms with Crippen LogP contribution >= 0.6 is 11.6 Å². The van der Waals surface area contributed by atoms with Crippen molar-refractivity contribution < 1.29 is 8.78 Å². The van der Waals surface area contributed by atoms with Gasteiger partial charge in [-0.2, -0.15) is 0 Å². The Bertz CT molecular complexity index is 382. The normalized spacial score (nSPS) is 28.3. The Hall–Kier alpha value is -0.970. The first-order chi connectivity index (χ1) is 8.54. The Morgan fingerprint density at radius 2 is 2.22 bits per heavy atom. The fraction of sp³-hybridized carbons (Fsp3) is 0.667. The van der Waals surface area contributed by atoms with Crippen molar-refractivity contribution in [2.75, 3.05) is 6.54 Å². The summed E-state index contributed by atoms with van der Waals surface area (Å²) in [7, 11) is 0. The largest absolute Gasteiger partial charge is 0.354 e. The van der Waals surface area contributed by atoms with Crippen LogP contribution in [0.3, 0.4) is 0 Å². The van der Waals surface area contributed by atoms with Crippen molar-refractivity contribution in [2.45, 2.75) is 39.2 Å². The molecule has 0 spiro atoms. The van der Waals surface area contributed by atoms with Gasteiger partial charge in [0, 0.05) is 12.6 Å². The zero-order valence-corrected chi connectivity index (χ0v) is 11.3. The summed E-state index contributed by atoms with van der Waals surface area (Å²) < 4.78 is 25.6. The number of hydrogen-bond donors (Lipinski definition) is 2.